The van der Waals surface area contributed by atoms with Gasteiger partial charge in [0.1, 0.15) is 5.69 Å². The van der Waals surface area contributed by atoms with E-state index in [0.29, 0.717) is 12.5 Å². The van der Waals surface area contributed by atoms with Gasteiger partial charge in [0.05, 0.1) is 0 Å². The highest BCUT2D eigenvalue weighted by Crippen LogP contribution is 2.30. The van der Waals surface area contributed by atoms with E-state index in [1.54, 1.807) is 0 Å². The van der Waals surface area contributed by atoms with Crippen molar-refractivity contribution in [3.05, 3.63) is 23.8 Å². The summed E-state index contributed by atoms with van der Waals surface area (Å²) in [5, 5.41) is 2.86. The van der Waals surface area contributed by atoms with Crippen molar-refractivity contribution in [2.24, 2.45) is 11.8 Å². The number of halogens is 2. The Hall–Kier alpha value is -1.32. The quantitative estimate of drug-likeness (QED) is 0.804. The van der Waals surface area contributed by atoms with E-state index in [0.717, 1.165) is 24.5 Å². The predicted molar refractivity (Wildman–Crippen MR) is 75.0 cm³/mol. The zero-order chi connectivity index (χ0) is 13.8. The Balaban J connectivity index is 1.83. The molecule has 3 N–H and O–H groups in total. The third kappa shape index (κ3) is 3.82. The van der Waals surface area contributed by atoms with Crippen LogP contribution in [0.4, 0.5) is 20.2 Å². The average Bonchev–Trinajstić information content (AvgIpc) is 2.34. The van der Waals surface area contributed by atoms with Crippen LogP contribution in [0.3, 0.4) is 0 Å². The molecule has 0 spiro atoms. The third-order valence-corrected chi connectivity index (χ3v) is 4.05. The first-order chi connectivity index (χ1) is 9.06. The normalized spacial score (nSPS) is 23.3. The fourth-order valence-electron chi connectivity index (χ4n) is 2.78. The predicted octanol–water partition coefficient (Wildman–Crippen LogP) is 4.18. The minimum Gasteiger partial charge on any atom is -0.399 e. The minimum atomic E-state index is -0.616. The molecule has 1 aromatic carbocycles. The van der Waals surface area contributed by atoms with E-state index in [1.807, 2.05) is 0 Å². The van der Waals surface area contributed by atoms with Crippen LogP contribution in [0, 0.1) is 23.5 Å². The van der Waals surface area contributed by atoms with Crippen molar-refractivity contribution in [1.82, 2.24) is 0 Å². The molecule has 1 fully saturated rings. The highest BCUT2D eigenvalue weighted by atomic mass is 19.1. The summed E-state index contributed by atoms with van der Waals surface area (Å²) in [6.07, 6.45) is 5.98. The lowest BCUT2D eigenvalue weighted by Crippen LogP contribution is -2.16. The molecular weight excluding hydrogens is 246 g/mol. The molecule has 0 amide bonds. The van der Waals surface area contributed by atoms with Gasteiger partial charge in [-0.25, -0.2) is 8.78 Å². The molecule has 1 saturated carbocycles. The Bertz CT molecular complexity index is 403. The number of rotatable bonds is 4. The zero-order valence-corrected chi connectivity index (χ0v) is 11.4. The van der Waals surface area contributed by atoms with E-state index < -0.39 is 11.6 Å². The van der Waals surface area contributed by atoms with Crippen LogP contribution in [0.15, 0.2) is 12.1 Å². The lowest BCUT2D eigenvalue weighted by Gasteiger charge is -2.26. The summed E-state index contributed by atoms with van der Waals surface area (Å²) in [4.78, 5) is 0. The van der Waals surface area contributed by atoms with Crippen LogP contribution < -0.4 is 11.1 Å². The molecule has 2 nitrogen and oxygen atoms in total. The maximum absolute atomic E-state index is 13.5. The van der Waals surface area contributed by atoms with E-state index in [4.69, 9.17) is 5.73 Å². The minimum absolute atomic E-state index is 0.0571. The summed E-state index contributed by atoms with van der Waals surface area (Å²) in [7, 11) is 0. The molecule has 19 heavy (non-hydrogen) atoms. The number of benzene rings is 1. The van der Waals surface area contributed by atoms with Crippen molar-refractivity contribution in [2.75, 3.05) is 17.6 Å². The molecule has 0 atom stereocenters. The first-order valence-corrected chi connectivity index (χ1v) is 7.04. The molecule has 0 unspecified atom stereocenters. The van der Waals surface area contributed by atoms with Gasteiger partial charge in [-0.3, -0.25) is 0 Å². The van der Waals surface area contributed by atoms with E-state index in [1.165, 1.54) is 25.7 Å². The number of hydrogen-bond acceptors (Lipinski definition) is 2. The fourth-order valence-corrected chi connectivity index (χ4v) is 2.78. The van der Waals surface area contributed by atoms with Crippen molar-refractivity contribution in [2.45, 2.75) is 39.0 Å². The summed E-state index contributed by atoms with van der Waals surface area (Å²) in [6.45, 7) is 2.89. The summed E-state index contributed by atoms with van der Waals surface area (Å²) < 4.78 is 27.1. The molecule has 106 valence electrons. The lowest BCUT2D eigenvalue weighted by molar-refractivity contribution is 0.281. The molecule has 0 bridgehead atoms. The van der Waals surface area contributed by atoms with Crippen molar-refractivity contribution in [3.63, 3.8) is 0 Å². The monoisotopic (exact) mass is 268 g/mol. The summed E-state index contributed by atoms with van der Waals surface area (Å²) in [5.74, 6) is 0.282. The van der Waals surface area contributed by atoms with Crippen LogP contribution in [-0.2, 0) is 0 Å². The van der Waals surface area contributed by atoms with E-state index in [-0.39, 0.29) is 11.4 Å². The van der Waals surface area contributed by atoms with Gasteiger partial charge < -0.3 is 11.1 Å². The first kappa shape index (κ1) is 14.1. The fraction of sp³-hybridized carbons (Fsp3) is 0.600. The Morgan fingerprint density at radius 3 is 2.32 bits per heavy atom. The molecule has 0 aliphatic heterocycles. The third-order valence-electron chi connectivity index (χ3n) is 4.05. The van der Waals surface area contributed by atoms with Crippen molar-refractivity contribution >= 4 is 11.4 Å². The van der Waals surface area contributed by atoms with Crippen LogP contribution in [0.1, 0.15) is 39.0 Å². The molecular formula is C15H22F2N2. The van der Waals surface area contributed by atoms with Crippen LogP contribution in [-0.4, -0.2) is 6.54 Å². The molecule has 1 aliphatic rings. The second-order valence-electron chi connectivity index (χ2n) is 5.70. The summed E-state index contributed by atoms with van der Waals surface area (Å²) >= 11 is 0. The lowest BCUT2D eigenvalue weighted by atomic mass is 9.81. The molecule has 0 heterocycles. The number of anilines is 2. The van der Waals surface area contributed by atoms with Crippen molar-refractivity contribution < 1.29 is 8.78 Å². The van der Waals surface area contributed by atoms with Gasteiger partial charge in [-0.15, -0.1) is 0 Å². The van der Waals surface area contributed by atoms with Gasteiger partial charge in [0.25, 0.3) is 0 Å². The van der Waals surface area contributed by atoms with Gasteiger partial charge in [-0.1, -0.05) is 32.6 Å². The first-order valence-electron chi connectivity index (χ1n) is 7.04. The number of nitrogens with two attached hydrogens (primary N) is 1. The molecule has 1 aromatic rings. The summed E-state index contributed by atoms with van der Waals surface area (Å²) in [5.41, 5.74) is 5.43. The van der Waals surface area contributed by atoms with Gasteiger partial charge in [-0.2, -0.15) is 0 Å². The average molecular weight is 268 g/mol. The van der Waals surface area contributed by atoms with Crippen LogP contribution in [0.5, 0.6) is 0 Å². The molecule has 4 heteroatoms. The maximum Gasteiger partial charge on any atom is 0.151 e. The van der Waals surface area contributed by atoms with Crippen molar-refractivity contribution in [3.8, 4) is 0 Å². The number of nitrogens with one attached hydrogen (secondary N) is 1. The second kappa shape index (κ2) is 6.22. The molecule has 0 radical (unpaired) electrons. The highest BCUT2D eigenvalue weighted by molar-refractivity contribution is 5.53. The van der Waals surface area contributed by atoms with E-state index in [9.17, 15) is 8.78 Å². The Kier molecular flexibility index (Phi) is 4.61. The molecule has 1 aliphatic carbocycles. The highest BCUT2D eigenvalue weighted by Gasteiger charge is 2.18. The van der Waals surface area contributed by atoms with Crippen LogP contribution in [0.25, 0.3) is 0 Å². The Morgan fingerprint density at radius 2 is 1.74 bits per heavy atom. The van der Waals surface area contributed by atoms with E-state index in [2.05, 4.69) is 12.2 Å². The van der Waals surface area contributed by atoms with Gasteiger partial charge in [-0.05, 0) is 30.4 Å². The largest absolute Gasteiger partial charge is 0.399 e. The molecule has 0 aromatic heterocycles. The topological polar surface area (TPSA) is 38.0 Å². The van der Waals surface area contributed by atoms with Gasteiger partial charge in [0.2, 0.25) is 0 Å². The zero-order valence-electron chi connectivity index (χ0n) is 11.4. The van der Waals surface area contributed by atoms with E-state index >= 15 is 0 Å². The molecule has 2 rings (SSSR count). The number of nitrogen functional groups attached to an aromatic ring is 1. The maximum atomic E-state index is 13.5. The second-order valence-corrected chi connectivity index (χ2v) is 5.70. The van der Waals surface area contributed by atoms with Crippen LogP contribution in [0.2, 0.25) is 0 Å². The Labute approximate surface area is 113 Å². The number of hydrogen-bond donors (Lipinski definition) is 2. The smallest absolute Gasteiger partial charge is 0.151 e. The summed E-state index contributed by atoms with van der Waals surface area (Å²) in [6, 6.07) is 2.29. The SMILES string of the molecule is CC1CCC(CCNc2c(F)cc(N)cc2F)CC1. The Morgan fingerprint density at radius 1 is 1.16 bits per heavy atom. The van der Waals surface area contributed by atoms with Gasteiger partial charge in [0, 0.05) is 12.2 Å². The van der Waals surface area contributed by atoms with Crippen LogP contribution >= 0.6 is 0 Å². The molecule has 0 saturated heterocycles. The van der Waals surface area contributed by atoms with Crippen molar-refractivity contribution in [1.29, 1.82) is 0 Å². The standard InChI is InChI=1S/C15H22F2N2/c1-10-2-4-11(5-3-10)6-7-19-15-13(16)8-12(18)9-14(15)17/h8-11,19H,2-7,18H2,1H3. The van der Waals surface area contributed by atoms with Gasteiger partial charge in [0.15, 0.2) is 11.6 Å². The van der Waals surface area contributed by atoms with Gasteiger partial charge >= 0.3 is 0 Å².